The molecule has 21 heavy (non-hydrogen) atoms. The molecule has 3 rings (SSSR count). The second kappa shape index (κ2) is 5.82. The number of aromatic nitrogens is 1. The molecule has 0 bridgehead atoms. The monoisotopic (exact) mass is 284 g/mol. The van der Waals surface area contributed by atoms with Crippen molar-refractivity contribution in [3.05, 3.63) is 42.2 Å². The fourth-order valence-corrected chi connectivity index (χ4v) is 3.21. The minimum atomic E-state index is -0.105. The van der Waals surface area contributed by atoms with E-state index < -0.39 is 0 Å². The second-order valence-corrected chi connectivity index (χ2v) is 5.75. The summed E-state index contributed by atoms with van der Waals surface area (Å²) in [7, 11) is 0. The van der Waals surface area contributed by atoms with Crippen LogP contribution >= 0.6 is 0 Å². The van der Waals surface area contributed by atoms with E-state index in [1.54, 1.807) is 11.1 Å². The SMILES string of the molecule is CC1CCCN(C(=O)c2nccc3ccccc23)C1CO. The number of amides is 1. The molecular weight excluding hydrogens is 264 g/mol. The number of rotatable bonds is 2. The zero-order valence-electron chi connectivity index (χ0n) is 12.2. The Kier molecular flexibility index (Phi) is 3.88. The van der Waals surface area contributed by atoms with Gasteiger partial charge in [0.05, 0.1) is 12.6 Å². The molecule has 1 aliphatic heterocycles. The van der Waals surface area contributed by atoms with Gasteiger partial charge < -0.3 is 10.0 Å². The van der Waals surface area contributed by atoms with Crippen molar-refractivity contribution < 1.29 is 9.90 Å². The minimum Gasteiger partial charge on any atom is -0.394 e. The number of nitrogens with zero attached hydrogens (tertiary/aromatic N) is 2. The number of likely N-dealkylation sites (tertiary alicyclic amines) is 1. The Labute approximate surface area is 124 Å². The van der Waals surface area contributed by atoms with Gasteiger partial charge in [-0.05, 0) is 30.2 Å². The molecule has 1 saturated heterocycles. The highest BCUT2D eigenvalue weighted by Crippen LogP contribution is 2.26. The summed E-state index contributed by atoms with van der Waals surface area (Å²) < 4.78 is 0. The van der Waals surface area contributed by atoms with Gasteiger partial charge in [-0.15, -0.1) is 0 Å². The maximum Gasteiger partial charge on any atom is 0.273 e. The molecule has 110 valence electrons. The minimum absolute atomic E-state index is 0.0116. The number of hydrogen-bond donors (Lipinski definition) is 1. The third kappa shape index (κ3) is 2.51. The average molecular weight is 284 g/mol. The zero-order chi connectivity index (χ0) is 14.8. The van der Waals surface area contributed by atoms with Crippen molar-refractivity contribution in [1.29, 1.82) is 0 Å². The number of carbonyl (C=O) groups is 1. The largest absolute Gasteiger partial charge is 0.394 e. The van der Waals surface area contributed by atoms with E-state index in [2.05, 4.69) is 11.9 Å². The quantitative estimate of drug-likeness (QED) is 0.921. The molecule has 1 aromatic heterocycles. The predicted molar refractivity (Wildman–Crippen MR) is 82.1 cm³/mol. The van der Waals surface area contributed by atoms with Gasteiger partial charge >= 0.3 is 0 Å². The van der Waals surface area contributed by atoms with Crippen LogP contribution in [0.5, 0.6) is 0 Å². The maximum atomic E-state index is 12.9. The smallest absolute Gasteiger partial charge is 0.273 e. The normalized spacial score (nSPS) is 22.5. The van der Waals surface area contributed by atoms with Crippen LogP contribution < -0.4 is 0 Å². The summed E-state index contributed by atoms with van der Waals surface area (Å²) in [5, 5.41) is 11.5. The Bertz CT molecular complexity index is 651. The number of aliphatic hydroxyl groups excluding tert-OH is 1. The van der Waals surface area contributed by atoms with Crippen molar-refractivity contribution in [1.82, 2.24) is 9.88 Å². The van der Waals surface area contributed by atoms with E-state index in [4.69, 9.17) is 0 Å². The summed E-state index contributed by atoms with van der Waals surface area (Å²) in [6, 6.07) is 9.59. The third-order valence-electron chi connectivity index (χ3n) is 4.44. The highest BCUT2D eigenvalue weighted by Gasteiger charge is 2.32. The van der Waals surface area contributed by atoms with Crippen LogP contribution in [0, 0.1) is 5.92 Å². The lowest BCUT2D eigenvalue weighted by Crippen LogP contribution is -2.49. The summed E-state index contributed by atoms with van der Waals surface area (Å²) >= 11 is 0. The summed E-state index contributed by atoms with van der Waals surface area (Å²) in [6.45, 7) is 2.80. The van der Waals surface area contributed by atoms with Crippen molar-refractivity contribution in [2.75, 3.05) is 13.2 Å². The first kappa shape index (κ1) is 14.0. The molecular formula is C17H20N2O2. The number of aliphatic hydroxyl groups is 1. The second-order valence-electron chi connectivity index (χ2n) is 5.75. The third-order valence-corrected chi connectivity index (χ3v) is 4.44. The topological polar surface area (TPSA) is 53.4 Å². The molecule has 1 N–H and O–H groups in total. The highest BCUT2D eigenvalue weighted by molar-refractivity contribution is 6.05. The number of benzene rings is 1. The molecule has 1 fully saturated rings. The van der Waals surface area contributed by atoms with Gasteiger partial charge in [-0.2, -0.15) is 0 Å². The fourth-order valence-electron chi connectivity index (χ4n) is 3.21. The van der Waals surface area contributed by atoms with Crippen molar-refractivity contribution in [3.63, 3.8) is 0 Å². The van der Waals surface area contributed by atoms with Crippen LogP contribution in [0.25, 0.3) is 10.8 Å². The van der Waals surface area contributed by atoms with Crippen molar-refractivity contribution in [3.8, 4) is 0 Å². The summed E-state index contributed by atoms with van der Waals surface area (Å²) in [5.41, 5.74) is 0.487. The molecule has 2 aromatic rings. The van der Waals surface area contributed by atoms with Crippen LogP contribution in [0.2, 0.25) is 0 Å². The summed E-state index contributed by atoms with van der Waals surface area (Å²) in [6.07, 6.45) is 3.71. The molecule has 0 spiro atoms. The van der Waals surface area contributed by atoms with E-state index in [1.807, 2.05) is 30.3 Å². The predicted octanol–water partition coefficient (Wildman–Crippen LogP) is 2.47. The number of carbonyl (C=O) groups excluding carboxylic acids is 1. The van der Waals surface area contributed by atoms with Gasteiger partial charge in [-0.1, -0.05) is 31.2 Å². The van der Waals surface area contributed by atoms with E-state index in [0.717, 1.165) is 23.6 Å². The highest BCUT2D eigenvalue weighted by atomic mass is 16.3. The van der Waals surface area contributed by atoms with E-state index in [9.17, 15) is 9.90 Å². The van der Waals surface area contributed by atoms with E-state index in [-0.39, 0.29) is 18.6 Å². The standard InChI is InChI=1S/C17H20N2O2/c1-12-5-4-10-19(15(12)11-20)17(21)16-14-7-3-2-6-13(14)8-9-18-16/h2-3,6-9,12,15,20H,4-5,10-11H2,1H3. The number of fused-ring (bicyclic) bond motifs is 1. The molecule has 2 heterocycles. The van der Waals surface area contributed by atoms with E-state index >= 15 is 0 Å². The van der Waals surface area contributed by atoms with Crippen LogP contribution in [0.15, 0.2) is 36.5 Å². The molecule has 4 heteroatoms. The molecule has 1 aromatic carbocycles. The Morgan fingerprint density at radius 2 is 2.19 bits per heavy atom. The molecule has 0 aliphatic carbocycles. The first-order chi connectivity index (χ1) is 10.2. The van der Waals surface area contributed by atoms with Crippen molar-refractivity contribution in [2.24, 2.45) is 5.92 Å². The number of piperidine rings is 1. The zero-order valence-corrected chi connectivity index (χ0v) is 12.2. The van der Waals surface area contributed by atoms with Gasteiger partial charge in [0.15, 0.2) is 0 Å². The van der Waals surface area contributed by atoms with Crippen LogP contribution in [0.1, 0.15) is 30.3 Å². The molecule has 4 nitrogen and oxygen atoms in total. The number of pyridine rings is 1. The fraction of sp³-hybridized carbons (Fsp3) is 0.412. The van der Waals surface area contributed by atoms with Crippen LogP contribution in [0.3, 0.4) is 0 Å². The maximum absolute atomic E-state index is 12.9. The van der Waals surface area contributed by atoms with Crippen molar-refractivity contribution in [2.45, 2.75) is 25.8 Å². The van der Waals surface area contributed by atoms with Gasteiger partial charge in [0.25, 0.3) is 5.91 Å². The Hall–Kier alpha value is -1.94. The Balaban J connectivity index is 2.00. The molecule has 2 unspecified atom stereocenters. The summed E-state index contributed by atoms with van der Waals surface area (Å²) in [5.74, 6) is 0.250. The van der Waals surface area contributed by atoms with Crippen LogP contribution in [0.4, 0.5) is 0 Å². The van der Waals surface area contributed by atoms with Gasteiger partial charge in [-0.3, -0.25) is 9.78 Å². The summed E-state index contributed by atoms with van der Waals surface area (Å²) in [4.78, 5) is 19.0. The lowest BCUT2D eigenvalue weighted by Gasteiger charge is -2.39. The number of hydrogen-bond acceptors (Lipinski definition) is 3. The Morgan fingerprint density at radius 3 is 3.00 bits per heavy atom. The van der Waals surface area contributed by atoms with Gasteiger partial charge in [0.2, 0.25) is 0 Å². The molecule has 0 saturated carbocycles. The first-order valence-corrected chi connectivity index (χ1v) is 7.48. The van der Waals surface area contributed by atoms with Crippen LogP contribution in [-0.2, 0) is 0 Å². The molecule has 2 atom stereocenters. The molecule has 1 aliphatic rings. The molecule has 0 radical (unpaired) electrons. The van der Waals surface area contributed by atoms with E-state index in [0.29, 0.717) is 18.2 Å². The van der Waals surface area contributed by atoms with E-state index in [1.165, 1.54) is 0 Å². The lowest BCUT2D eigenvalue weighted by atomic mass is 9.91. The van der Waals surface area contributed by atoms with Gasteiger partial charge in [0.1, 0.15) is 5.69 Å². The molecule has 1 amide bonds. The average Bonchev–Trinajstić information content (AvgIpc) is 2.53. The van der Waals surface area contributed by atoms with Crippen LogP contribution in [-0.4, -0.2) is 40.1 Å². The van der Waals surface area contributed by atoms with Crippen molar-refractivity contribution >= 4 is 16.7 Å². The van der Waals surface area contributed by atoms with Gasteiger partial charge in [0, 0.05) is 18.1 Å². The Morgan fingerprint density at radius 1 is 1.38 bits per heavy atom. The van der Waals surface area contributed by atoms with Gasteiger partial charge in [-0.25, -0.2) is 0 Å². The lowest BCUT2D eigenvalue weighted by molar-refractivity contribution is 0.0355. The first-order valence-electron chi connectivity index (χ1n) is 7.48.